The van der Waals surface area contributed by atoms with Crippen molar-refractivity contribution >= 4 is 45.5 Å². The first-order chi connectivity index (χ1) is 18.2. The van der Waals surface area contributed by atoms with Crippen molar-refractivity contribution in [2.45, 2.75) is 53.5 Å². The second-order valence-electron chi connectivity index (χ2n) is 8.69. The lowest BCUT2D eigenvalue weighted by molar-refractivity contribution is -0.117. The van der Waals surface area contributed by atoms with E-state index in [2.05, 4.69) is 16.9 Å². The highest BCUT2D eigenvalue weighted by Crippen LogP contribution is 2.46. The molecule has 2 aromatic heterocycles. The van der Waals surface area contributed by atoms with Gasteiger partial charge in [-0.25, -0.2) is 14.8 Å². The minimum Gasteiger partial charge on any atom is -0.503 e. The molecule has 0 saturated heterocycles. The number of hydrogen-bond donors (Lipinski definition) is 1. The summed E-state index contributed by atoms with van der Waals surface area (Å²) in [6, 6.07) is 6.08. The molecule has 1 aromatic carbocycles. The average Bonchev–Trinajstić information content (AvgIpc) is 3.52. The number of amides is 1. The van der Waals surface area contributed by atoms with E-state index in [1.165, 1.54) is 16.2 Å². The van der Waals surface area contributed by atoms with Gasteiger partial charge in [0.05, 0.1) is 40.1 Å². The molecule has 0 radical (unpaired) electrons. The molecule has 11 heteroatoms. The summed E-state index contributed by atoms with van der Waals surface area (Å²) in [6.07, 6.45) is 1.75. The molecule has 1 amide bonds. The van der Waals surface area contributed by atoms with Gasteiger partial charge in [-0.15, -0.1) is 11.3 Å². The normalized spacial score (nSPS) is 15.3. The molecule has 3 heterocycles. The molecule has 0 spiro atoms. The summed E-state index contributed by atoms with van der Waals surface area (Å²) in [5.41, 5.74) is 1.34. The number of aromatic nitrogens is 2. The van der Waals surface area contributed by atoms with Crippen LogP contribution in [-0.2, 0) is 9.53 Å². The number of rotatable bonds is 10. The van der Waals surface area contributed by atoms with E-state index in [4.69, 9.17) is 9.47 Å². The Labute approximate surface area is 228 Å². The van der Waals surface area contributed by atoms with Crippen LogP contribution in [0.5, 0.6) is 5.75 Å². The summed E-state index contributed by atoms with van der Waals surface area (Å²) < 4.78 is 11.2. The molecule has 38 heavy (non-hydrogen) atoms. The van der Waals surface area contributed by atoms with Crippen LogP contribution in [0.3, 0.4) is 0 Å². The number of ether oxygens (including phenoxy) is 2. The summed E-state index contributed by atoms with van der Waals surface area (Å²) in [4.78, 5) is 50.6. The Morgan fingerprint density at radius 2 is 1.76 bits per heavy atom. The molecule has 0 bridgehead atoms. The zero-order valence-corrected chi connectivity index (χ0v) is 23.5. The standard InChI is InChI=1S/C27H29N3O6S2/c1-6-8-13-36-18-12-10-9-11-17(18)20-19(21(31)23-14(3)28-16(5)37-23)22(32)25(33)30(20)27-29-15(4)24(38-27)26(34)35-7-2/h9-12,20,32H,6-8,13H2,1-5H3. The van der Waals surface area contributed by atoms with Gasteiger partial charge in [0.25, 0.3) is 5.91 Å². The highest BCUT2D eigenvalue weighted by Gasteiger charge is 2.47. The molecule has 1 unspecified atom stereocenters. The molecule has 0 aliphatic carbocycles. The van der Waals surface area contributed by atoms with Gasteiger partial charge in [-0.3, -0.25) is 14.5 Å². The first-order valence-corrected chi connectivity index (χ1v) is 13.9. The topological polar surface area (TPSA) is 119 Å². The van der Waals surface area contributed by atoms with Crippen molar-refractivity contribution in [2.24, 2.45) is 0 Å². The van der Waals surface area contributed by atoms with E-state index in [9.17, 15) is 19.5 Å². The molecule has 0 saturated carbocycles. The number of thiazole rings is 2. The zero-order valence-electron chi connectivity index (χ0n) is 21.9. The Bertz CT molecular complexity index is 1420. The maximum Gasteiger partial charge on any atom is 0.350 e. The third-order valence-electron chi connectivity index (χ3n) is 5.98. The van der Waals surface area contributed by atoms with Crippen molar-refractivity contribution in [1.82, 2.24) is 9.97 Å². The fraction of sp³-hybridized carbons (Fsp3) is 0.370. The lowest BCUT2D eigenvalue weighted by Crippen LogP contribution is -2.31. The summed E-state index contributed by atoms with van der Waals surface area (Å²) in [7, 11) is 0. The van der Waals surface area contributed by atoms with Gasteiger partial charge in [0, 0.05) is 5.56 Å². The first kappa shape index (κ1) is 27.5. The molecule has 1 atom stereocenters. The number of esters is 1. The smallest absolute Gasteiger partial charge is 0.350 e. The Kier molecular flexibility index (Phi) is 8.27. The number of ketones is 1. The molecule has 0 fully saturated rings. The molecule has 1 aliphatic heterocycles. The number of aliphatic hydroxyl groups excluding tert-OH is 1. The number of benzene rings is 1. The van der Waals surface area contributed by atoms with Gasteiger partial charge < -0.3 is 14.6 Å². The number of hydrogen-bond acceptors (Lipinski definition) is 10. The van der Waals surface area contributed by atoms with E-state index in [1.807, 2.05) is 0 Å². The van der Waals surface area contributed by atoms with Gasteiger partial charge in [-0.05, 0) is 40.2 Å². The lowest BCUT2D eigenvalue weighted by Gasteiger charge is -2.26. The van der Waals surface area contributed by atoms with Gasteiger partial charge in [0.1, 0.15) is 16.7 Å². The Morgan fingerprint density at radius 3 is 2.42 bits per heavy atom. The Hall–Kier alpha value is -3.57. The fourth-order valence-corrected chi connectivity index (χ4v) is 6.09. The monoisotopic (exact) mass is 555 g/mol. The number of Topliss-reactive ketones (excluding diaryl/α,β-unsaturated/α-hetero) is 1. The fourth-order valence-electron chi connectivity index (χ4n) is 4.23. The van der Waals surface area contributed by atoms with Gasteiger partial charge in [0.15, 0.2) is 10.9 Å². The van der Waals surface area contributed by atoms with Gasteiger partial charge in [-0.1, -0.05) is 42.9 Å². The number of anilines is 1. The van der Waals surface area contributed by atoms with Gasteiger partial charge in [-0.2, -0.15) is 0 Å². The number of aliphatic hydroxyl groups is 1. The van der Waals surface area contributed by atoms with Crippen LogP contribution in [0, 0.1) is 20.8 Å². The van der Waals surface area contributed by atoms with Crippen molar-refractivity contribution < 1.29 is 29.0 Å². The van der Waals surface area contributed by atoms with Crippen molar-refractivity contribution in [3.63, 3.8) is 0 Å². The van der Waals surface area contributed by atoms with Crippen LogP contribution in [0.4, 0.5) is 5.13 Å². The molecular formula is C27H29N3O6S2. The van der Waals surface area contributed by atoms with Crippen LogP contribution in [0.2, 0.25) is 0 Å². The third kappa shape index (κ3) is 5.08. The molecule has 1 N–H and O–H groups in total. The van der Waals surface area contributed by atoms with Crippen LogP contribution in [0.25, 0.3) is 0 Å². The highest BCUT2D eigenvalue weighted by atomic mass is 32.1. The minimum absolute atomic E-state index is 0.0844. The Balaban J connectivity index is 1.88. The predicted molar refractivity (Wildman–Crippen MR) is 145 cm³/mol. The number of nitrogens with zero attached hydrogens (tertiary/aromatic N) is 3. The number of carbonyl (C=O) groups excluding carboxylic acids is 3. The van der Waals surface area contributed by atoms with Crippen molar-refractivity contribution in [3.8, 4) is 5.75 Å². The number of carbonyl (C=O) groups is 3. The van der Waals surface area contributed by atoms with E-state index in [0.29, 0.717) is 39.2 Å². The highest BCUT2D eigenvalue weighted by molar-refractivity contribution is 7.17. The summed E-state index contributed by atoms with van der Waals surface area (Å²) in [5.74, 6) is -2.01. The van der Waals surface area contributed by atoms with E-state index in [0.717, 1.165) is 24.2 Å². The van der Waals surface area contributed by atoms with E-state index < -0.39 is 29.5 Å². The quantitative estimate of drug-likeness (QED) is 0.193. The van der Waals surface area contributed by atoms with Crippen molar-refractivity contribution in [1.29, 1.82) is 0 Å². The lowest BCUT2D eigenvalue weighted by atomic mass is 9.94. The first-order valence-electron chi connectivity index (χ1n) is 12.3. The molecule has 4 rings (SSSR count). The molecule has 3 aromatic rings. The van der Waals surface area contributed by atoms with Crippen LogP contribution in [0.15, 0.2) is 35.6 Å². The number of unbranched alkanes of at least 4 members (excludes halogenated alkanes) is 1. The van der Waals surface area contributed by atoms with Crippen LogP contribution in [-0.4, -0.2) is 45.9 Å². The summed E-state index contributed by atoms with van der Waals surface area (Å²) in [5, 5.41) is 12.0. The van der Waals surface area contributed by atoms with E-state index in [1.54, 1.807) is 52.0 Å². The van der Waals surface area contributed by atoms with Crippen molar-refractivity contribution in [2.75, 3.05) is 18.1 Å². The second kappa shape index (κ2) is 11.4. The largest absolute Gasteiger partial charge is 0.503 e. The molecule has 200 valence electrons. The zero-order chi connectivity index (χ0) is 27.6. The van der Waals surface area contributed by atoms with Crippen molar-refractivity contribution in [3.05, 3.63) is 67.3 Å². The molecular weight excluding hydrogens is 526 g/mol. The summed E-state index contributed by atoms with van der Waals surface area (Å²) in [6.45, 7) is 9.54. The number of para-hydroxylation sites is 1. The Morgan fingerprint density at radius 1 is 1.05 bits per heavy atom. The third-order valence-corrected chi connectivity index (χ3v) is 8.19. The summed E-state index contributed by atoms with van der Waals surface area (Å²) >= 11 is 2.18. The van der Waals surface area contributed by atoms with Crippen LogP contribution in [0.1, 0.15) is 74.0 Å². The van der Waals surface area contributed by atoms with E-state index in [-0.39, 0.29) is 22.2 Å². The average molecular weight is 556 g/mol. The maximum atomic E-state index is 13.9. The minimum atomic E-state index is -1.03. The maximum absolute atomic E-state index is 13.9. The second-order valence-corrected chi connectivity index (χ2v) is 10.9. The number of aryl methyl sites for hydroxylation is 3. The van der Waals surface area contributed by atoms with Gasteiger partial charge >= 0.3 is 5.97 Å². The molecule has 9 nitrogen and oxygen atoms in total. The molecule has 1 aliphatic rings. The SMILES string of the molecule is CCCCOc1ccccc1C1C(C(=O)c2sc(C)nc2C)=C(O)C(=O)N1c1nc(C)c(C(=O)OCC)s1. The van der Waals surface area contributed by atoms with E-state index >= 15 is 0 Å². The van der Waals surface area contributed by atoms with Gasteiger partial charge in [0.2, 0.25) is 5.78 Å². The van der Waals surface area contributed by atoms with Crippen LogP contribution >= 0.6 is 22.7 Å². The predicted octanol–water partition coefficient (Wildman–Crippen LogP) is 5.66. The van der Waals surface area contributed by atoms with Crippen LogP contribution < -0.4 is 9.64 Å².